The molecule has 0 bridgehead atoms. The van der Waals surface area contributed by atoms with Crippen LogP contribution in [0.1, 0.15) is 50.8 Å². The number of carbonyl (C=O) groups is 1. The van der Waals surface area contributed by atoms with Crippen LogP contribution in [0.4, 0.5) is 0 Å². The first-order valence-electron chi connectivity index (χ1n) is 8.30. The molecule has 0 spiro atoms. The molecule has 2 fully saturated rings. The lowest BCUT2D eigenvalue weighted by Gasteiger charge is -2.23. The Hall–Kier alpha value is -1.40. The highest BCUT2D eigenvalue weighted by atomic mass is 32.2. The van der Waals surface area contributed by atoms with E-state index >= 15 is 0 Å². The molecule has 126 valence electrons. The summed E-state index contributed by atoms with van der Waals surface area (Å²) in [5, 5.41) is 4.12. The van der Waals surface area contributed by atoms with Gasteiger partial charge in [-0.2, -0.15) is 0 Å². The number of carbonyl (C=O) groups excluding carboxylic acids is 1. The number of thioether (sulfide) groups is 2. The number of aryl methyl sites for hydroxylation is 1. The molecular formula is C18H20N2O2S2. The molecule has 2 aliphatic heterocycles. The summed E-state index contributed by atoms with van der Waals surface area (Å²) in [6.07, 6.45) is 1.96. The van der Waals surface area contributed by atoms with Gasteiger partial charge in [0, 0.05) is 29.7 Å². The Kier molecular flexibility index (Phi) is 4.59. The topological polar surface area (TPSA) is 46.3 Å². The molecule has 0 saturated carbocycles. The van der Waals surface area contributed by atoms with E-state index in [1.807, 2.05) is 53.5 Å². The summed E-state index contributed by atoms with van der Waals surface area (Å²) in [6.45, 7) is 2.67. The number of rotatable bonds is 3. The summed E-state index contributed by atoms with van der Waals surface area (Å²) >= 11 is 3.97. The highest BCUT2D eigenvalue weighted by Gasteiger charge is 2.32. The summed E-state index contributed by atoms with van der Waals surface area (Å²) < 4.78 is 5.71. The van der Waals surface area contributed by atoms with Crippen LogP contribution in [0.2, 0.25) is 0 Å². The second kappa shape index (κ2) is 6.84. The minimum absolute atomic E-state index is 0.0376. The van der Waals surface area contributed by atoms with Crippen molar-refractivity contribution in [3.05, 3.63) is 52.9 Å². The quantitative estimate of drug-likeness (QED) is 0.810. The van der Waals surface area contributed by atoms with Gasteiger partial charge in [0.15, 0.2) is 0 Å². The monoisotopic (exact) mass is 360 g/mol. The van der Waals surface area contributed by atoms with Crippen LogP contribution >= 0.6 is 23.5 Å². The molecule has 1 amide bonds. The number of amides is 1. The summed E-state index contributed by atoms with van der Waals surface area (Å²) in [5.41, 5.74) is 2.94. The van der Waals surface area contributed by atoms with Crippen molar-refractivity contribution in [3.8, 4) is 0 Å². The fourth-order valence-corrected chi connectivity index (χ4v) is 6.22. The molecule has 4 rings (SSSR count). The van der Waals surface area contributed by atoms with Gasteiger partial charge in [-0.05, 0) is 37.5 Å². The van der Waals surface area contributed by atoms with Crippen LogP contribution in [0.25, 0.3) is 0 Å². The number of benzene rings is 1. The van der Waals surface area contributed by atoms with Gasteiger partial charge in [0.1, 0.15) is 11.5 Å². The van der Waals surface area contributed by atoms with Crippen LogP contribution in [0.15, 0.2) is 34.9 Å². The van der Waals surface area contributed by atoms with Gasteiger partial charge in [-0.25, -0.2) is 0 Å². The Morgan fingerprint density at radius 3 is 2.67 bits per heavy atom. The van der Waals surface area contributed by atoms with E-state index in [4.69, 9.17) is 4.52 Å². The van der Waals surface area contributed by atoms with Gasteiger partial charge < -0.3 is 9.42 Å². The van der Waals surface area contributed by atoms with E-state index in [-0.39, 0.29) is 11.9 Å². The lowest BCUT2D eigenvalue weighted by atomic mass is 10.1. The summed E-state index contributed by atoms with van der Waals surface area (Å²) in [5.74, 6) is 3.31. The highest BCUT2D eigenvalue weighted by molar-refractivity contribution is 8.19. The van der Waals surface area contributed by atoms with Crippen molar-refractivity contribution in [1.29, 1.82) is 0 Å². The van der Waals surface area contributed by atoms with Gasteiger partial charge in [-0.15, -0.1) is 23.5 Å². The molecule has 2 aromatic rings. The van der Waals surface area contributed by atoms with Crippen LogP contribution in [0.5, 0.6) is 0 Å². The third-order valence-electron chi connectivity index (χ3n) is 4.55. The van der Waals surface area contributed by atoms with Crippen LogP contribution in [0.3, 0.4) is 0 Å². The number of likely N-dealkylation sites (tertiary alicyclic amines) is 1. The van der Waals surface area contributed by atoms with Crippen molar-refractivity contribution in [2.75, 3.05) is 18.1 Å². The first kappa shape index (κ1) is 16.1. The average molecular weight is 361 g/mol. The number of nitrogens with zero attached hydrogens (tertiary/aromatic N) is 2. The molecule has 0 unspecified atom stereocenters. The van der Waals surface area contributed by atoms with E-state index in [0.717, 1.165) is 36.4 Å². The van der Waals surface area contributed by atoms with Crippen LogP contribution in [-0.4, -0.2) is 34.0 Å². The van der Waals surface area contributed by atoms with Crippen molar-refractivity contribution >= 4 is 29.4 Å². The van der Waals surface area contributed by atoms with Crippen LogP contribution in [0, 0.1) is 6.92 Å². The number of hydrogen-bond acceptors (Lipinski definition) is 5. The molecule has 24 heavy (non-hydrogen) atoms. The van der Waals surface area contributed by atoms with Crippen molar-refractivity contribution in [3.63, 3.8) is 0 Å². The largest absolute Gasteiger partial charge is 0.361 e. The predicted octanol–water partition coefficient (Wildman–Crippen LogP) is 4.44. The minimum Gasteiger partial charge on any atom is -0.361 e. The molecule has 0 radical (unpaired) electrons. The normalized spacial score (nSPS) is 21.5. The van der Waals surface area contributed by atoms with Gasteiger partial charge in [-0.1, -0.05) is 17.3 Å². The molecule has 3 heterocycles. The first-order chi connectivity index (χ1) is 11.7. The lowest BCUT2D eigenvalue weighted by molar-refractivity contribution is 0.0731. The van der Waals surface area contributed by atoms with Crippen molar-refractivity contribution < 1.29 is 9.32 Å². The highest BCUT2D eigenvalue weighted by Crippen LogP contribution is 2.45. The van der Waals surface area contributed by atoms with Crippen molar-refractivity contribution in [2.45, 2.75) is 30.4 Å². The van der Waals surface area contributed by atoms with Gasteiger partial charge in [0.2, 0.25) is 0 Å². The molecule has 0 N–H and O–H groups in total. The number of aromatic nitrogens is 1. The molecule has 1 atom stereocenters. The lowest BCUT2D eigenvalue weighted by Crippen LogP contribution is -2.30. The predicted molar refractivity (Wildman–Crippen MR) is 98.4 cm³/mol. The zero-order valence-electron chi connectivity index (χ0n) is 13.6. The molecule has 6 heteroatoms. The Labute approximate surface area is 150 Å². The van der Waals surface area contributed by atoms with Crippen LogP contribution < -0.4 is 0 Å². The van der Waals surface area contributed by atoms with Gasteiger partial charge >= 0.3 is 0 Å². The molecule has 2 saturated heterocycles. The molecule has 4 nitrogen and oxygen atoms in total. The maximum atomic E-state index is 12.9. The van der Waals surface area contributed by atoms with Crippen molar-refractivity contribution in [2.24, 2.45) is 0 Å². The first-order valence-corrected chi connectivity index (χ1v) is 10.4. The average Bonchev–Trinajstić information content (AvgIpc) is 3.35. The van der Waals surface area contributed by atoms with E-state index in [1.54, 1.807) is 0 Å². The zero-order chi connectivity index (χ0) is 16.5. The van der Waals surface area contributed by atoms with E-state index in [2.05, 4.69) is 17.3 Å². The molecule has 2 aliphatic rings. The summed E-state index contributed by atoms with van der Waals surface area (Å²) in [6, 6.07) is 10.1. The van der Waals surface area contributed by atoms with E-state index in [1.165, 1.54) is 17.1 Å². The Morgan fingerprint density at radius 2 is 2.00 bits per heavy atom. The molecule has 1 aromatic carbocycles. The zero-order valence-corrected chi connectivity index (χ0v) is 15.2. The Bertz CT molecular complexity index is 723. The van der Waals surface area contributed by atoms with Crippen molar-refractivity contribution in [1.82, 2.24) is 10.1 Å². The summed E-state index contributed by atoms with van der Waals surface area (Å²) in [4.78, 5) is 14.9. The van der Waals surface area contributed by atoms with Gasteiger partial charge in [0.05, 0.1) is 10.6 Å². The van der Waals surface area contributed by atoms with E-state index < -0.39 is 0 Å². The second-order valence-electron chi connectivity index (χ2n) is 6.21. The SMILES string of the molecule is Cc1cc([C@@H]2CCCN2C(=O)c2ccc(C3SCCS3)cc2)no1. The fraction of sp³-hybridized carbons (Fsp3) is 0.444. The molecular weight excluding hydrogens is 340 g/mol. The number of hydrogen-bond donors (Lipinski definition) is 0. The maximum absolute atomic E-state index is 12.9. The standard InChI is InChI=1S/C18H20N2O2S2/c1-12-11-15(19-22-12)16-3-2-8-20(16)17(21)13-4-6-14(7-5-13)18-23-9-10-24-18/h4-7,11,16,18H,2-3,8-10H2,1H3/t16-/m0/s1. The Balaban J connectivity index is 1.52. The smallest absolute Gasteiger partial charge is 0.254 e. The van der Waals surface area contributed by atoms with E-state index in [0.29, 0.717) is 4.58 Å². The molecule has 0 aliphatic carbocycles. The molecule has 1 aromatic heterocycles. The fourth-order valence-electron chi connectivity index (χ4n) is 3.36. The second-order valence-corrected chi connectivity index (χ2v) is 8.94. The summed E-state index contributed by atoms with van der Waals surface area (Å²) in [7, 11) is 0. The minimum atomic E-state index is 0.0376. The maximum Gasteiger partial charge on any atom is 0.254 e. The third kappa shape index (κ3) is 3.09. The Morgan fingerprint density at radius 1 is 1.25 bits per heavy atom. The van der Waals surface area contributed by atoms with E-state index in [9.17, 15) is 4.79 Å². The van der Waals surface area contributed by atoms with Crippen LogP contribution in [-0.2, 0) is 0 Å². The van der Waals surface area contributed by atoms with Gasteiger partial charge in [0.25, 0.3) is 5.91 Å². The van der Waals surface area contributed by atoms with Gasteiger partial charge in [-0.3, -0.25) is 4.79 Å². The third-order valence-corrected chi connectivity index (χ3v) is 7.66.